The van der Waals surface area contributed by atoms with Crippen LogP contribution in [0.4, 0.5) is 5.13 Å². The Kier molecular flexibility index (Phi) is 8.52. The highest BCUT2D eigenvalue weighted by Crippen LogP contribution is 2.35. The minimum atomic E-state index is -0.269. The molecule has 4 aromatic rings. The summed E-state index contributed by atoms with van der Waals surface area (Å²) in [5, 5.41) is 3.21. The van der Waals surface area contributed by atoms with Crippen LogP contribution in [0, 0.1) is 13.8 Å². The van der Waals surface area contributed by atoms with Crippen LogP contribution < -0.4 is 10.1 Å². The molecule has 37 heavy (non-hydrogen) atoms. The Hall–Kier alpha value is -3.76. The molecule has 9 nitrogen and oxygen atoms in total. The minimum Gasteiger partial charge on any atom is -0.490 e. The van der Waals surface area contributed by atoms with E-state index in [1.54, 1.807) is 24.8 Å². The molecule has 3 heterocycles. The van der Waals surface area contributed by atoms with E-state index < -0.39 is 0 Å². The van der Waals surface area contributed by atoms with Crippen molar-refractivity contribution in [2.75, 3.05) is 19.0 Å². The number of hydrogen-bond donors (Lipinski definition) is 1. The molecule has 4 rings (SSSR count). The Morgan fingerprint density at radius 1 is 0.973 bits per heavy atom. The third-order valence-corrected chi connectivity index (χ3v) is 6.71. The topological polar surface area (TPSA) is 112 Å². The maximum Gasteiger partial charge on any atom is 0.252 e. The monoisotopic (exact) mass is 518 g/mol. The van der Waals surface area contributed by atoms with Gasteiger partial charge in [0.05, 0.1) is 28.6 Å². The van der Waals surface area contributed by atoms with Gasteiger partial charge in [0, 0.05) is 31.3 Å². The van der Waals surface area contributed by atoms with E-state index in [2.05, 4.69) is 60.1 Å². The molecule has 0 fully saturated rings. The molecule has 192 valence electrons. The molecule has 1 amide bonds. The third-order valence-electron chi connectivity index (χ3n) is 5.77. The number of nitrogens with zero attached hydrogens (tertiary/aromatic N) is 5. The lowest BCUT2D eigenvalue weighted by Gasteiger charge is -2.19. The number of hydrogen-bond acceptors (Lipinski definition) is 9. The minimum absolute atomic E-state index is 0.0427. The number of aromatic nitrogens is 5. The number of methoxy groups -OCH3 is 1. The average Bonchev–Trinajstić information content (AvgIpc) is 3.36. The molecule has 0 spiro atoms. The van der Waals surface area contributed by atoms with E-state index in [1.165, 1.54) is 18.4 Å². The first-order chi connectivity index (χ1) is 17.9. The SMILES string of the molecule is CCC(CC)Oc1cc(C)c(-c2cc(-c3cnc(NC(=O)COC)s3)nc(-c3cnccn3)n2)c(C)c1. The highest BCUT2D eigenvalue weighted by molar-refractivity contribution is 7.19. The van der Waals surface area contributed by atoms with E-state index in [1.807, 2.05) is 6.07 Å². The summed E-state index contributed by atoms with van der Waals surface area (Å²) >= 11 is 1.33. The zero-order chi connectivity index (χ0) is 26.4. The van der Waals surface area contributed by atoms with E-state index in [-0.39, 0.29) is 18.6 Å². The van der Waals surface area contributed by atoms with Crippen LogP contribution in [0.3, 0.4) is 0 Å². The maximum atomic E-state index is 11.9. The van der Waals surface area contributed by atoms with Crippen molar-refractivity contribution in [3.05, 3.63) is 54.1 Å². The van der Waals surface area contributed by atoms with Crippen molar-refractivity contribution in [1.82, 2.24) is 24.9 Å². The van der Waals surface area contributed by atoms with E-state index in [9.17, 15) is 4.79 Å². The number of ether oxygens (including phenoxy) is 2. The molecule has 0 radical (unpaired) electrons. The number of carbonyl (C=O) groups is 1. The van der Waals surface area contributed by atoms with Crippen molar-refractivity contribution in [3.8, 4) is 39.1 Å². The Morgan fingerprint density at radius 2 is 1.70 bits per heavy atom. The molecule has 0 aliphatic heterocycles. The molecule has 0 bridgehead atoms. The van der Waals surface area contributed by atoms with Crippen molar-refractivity contribution in [2.45, 2.75) is 46.6 Å². The Morgan fingerprint density at radius 3 is 2.35 bits per heavy atom. The summed E-state index contributed by atoms with van der Waals surface area (Å²) in [7, 11) is 1.47. The smallest absolute Gasteiger partial charge is 0.252 e. The second-order valence-electron chi connectivity index (χ2n) is 8.55. The molecular formula is C27H30N6O3S. The van der Waals surface area contributed by atoms with Gasteiger partial charge < -0.3 is 9.47 Å². The molecule has 0 saturated carbocycles. The summed E-state index contributed by atoms with van der Waals surface area (Å²) in [5.41, 5.74) is 5.09. The molecule has 0 atom stereocenters. The van der Waals surface area contributed by atoms with Crippen LogP contribution in [0.15, 0.2) is 43.0 Å². The van der Waals surface area contributed by atoms with E-state index in [0.29, 0.717) is 22.3 Å². The Balaban J connectivity index is 1.78. The molecule has 3 aromatic heterocycles. The highest BCUT2D eigenvalue weighted by atomic mass is 32.1. The summed E-state index contributed by atoms with van der Waals surface area (Å²) < 4.78 is 11.1. The number of amides is 1. The summed E-state index contributed by atoms with van der Waals surface area (Å²) in [5.74, 6) is 1.04. The first-order valence-corrected chi connectivity index (χ1v) is 12.9. The quantitative estimate of drug-likeness (QED) is 0.293. The molecule has 1 aromatic carbocycles. The van der Waals surface area contributed by atoms with Gasteiger partial charge in [-0.25, -0.2) is 19.9 Å². The van der Waals surface area contributed by atoms with Crippen LogP contribution >= 0.6 is 11.3 Å². The predicted molar refractivity (Wildman–Crippen MR) is 145 cm³/mol. The van der Waals surface area contributed by atoms with Gasteiger partial charge in [-0.1, -0.05) is 25.2 Å². The zero-order valence-corrected chi connectivity index (χ0v) is 22.4. The Bertz CT molecular complexity index is 1350. The lowest BCUT2D eigenvalue weighted by molar-refractivity contribution is -0.119. The third kappa shape index (κ3) is 6.33. The maximum absolute atomic E-state index is 11.9. The fourth-order valence-corrected chi connectivity index (χ4v) is 4.80. The molecule has 10 heteroatoms. The molecule has 0 unspecified atom stereocenters. The number of benzene rings is 1. The van der Waals surface area contributed by atoms with Crippen LogP contribution in [0.2, 0.25) is 0 Å². The average molecular weight is 519 g/mol. The van der Waals surface area contributed by atoms with Crippen molar-refractivity contribution in [3.63, 3.8) is 0 Å². The second kappa shape index (κ2) is 12.0. The molecular weight excluding hydrogens is 488 g/mol. The van der Waals surface area contributed by atoms with Gasteiger partial charge in [-0.2, -0.15) is 0 Å². The zero-order valence-electron chi connectivity index (χ0n) is 21.6. The number of nitrogens with one attached hydrogen (secondary N) is 1. The molecule has 1 N–H and O–H groups in total. The van der Waals surface area contributed by atoms with Crippen molar-refractivity contribution in [2.24, 2.45) is 0 Å². The van der Waals surface area contributed by atoms with Gasteiger partial charge in [0.15, 0.2) is 11.0 Å². The summed E-state index contributed by atoms with van der Waals surface area (Å²) in [6, 6.07) is 6.05. The van der Waals surface area contributed by atoms with Crippen molar-refractivity contribution < 1.29 is 14.3 Å². The van der Waals surface area contributed by atoms with Crippen molar-refractivity contribution >= 4 is 22.4 Å². The first-order valence-electron chi connectivity index (χ1n) is 12.1. The van der Waals surface area contributed by atoms with Crippen LogP contribution in [-0.2, 0) is 9.53 Å². The second-order valence-corrected chi connectivity index (χ2v) is 9.58. The number of thiazole rings is 1. The van der Waals surface area contributed by atoms with E-state index in [0.717, 1.165) is 45.9 Å². The van der Waals surface area contributed by atoms with E-state index >= 15 is 0 Å². The fraction of sp³-hybridized carbons (Fsp3) is 0.333. The molecule has 0 aliphatic rings. The van der Waals surface area contributed by atoms with Crippen LogP contribution in [-0.4, -0.2) is 50.6 Å². The highest BCUT2D eigenvalue weighted by Gasteiger charge is 2.18. The van der Waals surface area contributed by atoms with E-state index in [4.69, 9.17) is 19.4 Å². The molecule has 0 aliphatic carbocycles. The van der Waals surface area contributed by atoms with Gasteiger partial charge in [-0.3, -0.25) is 15.1 Å². The standard InChI is InChI=1S/C27H30N6O3S/c1-6-18(7-2)36-19-10-16(3)25(17(4)11-19)21-12-20(31-26(32-21)22-13-28-8-9-29-22)23-14-30-27(37-23)33-24(34)15-35-5/h8-14,18H,6-7,15H2,1-5H3,(H,30,33,34). The van der Waals surface area contributed by atoms with Gasteiger partial charge in [0.25, 0.3) is 5.91 Å². The van der Waals surface area contributed by atoms with Gasteiger partial charge in [0.1, 0.15) is 18.1 Å². The normalized spacial score (nSPS) is 11.1. The lowest BCUT2D eigenvalue weighted by Crippen LogP contribution is -2.16. The predicted octanol–water partition coefficient (Wildman–Crippen LogP) is 5.49. The summed E-state index contributed by atoms with van der Waals surface area (Å²) in [4.78, 5) is 35.3. The number of rotatable bonds is 10. The van der Waals surface area contributed by atoms with Crippen molar-refractivity contribution in [1.29, 1.82) is 0 Å². The van der Waals surface area contributed by atoms with Crippen LogP contribution in [0.25, 0.3) is 33.3 Å². The van der Waals surface area contributed by atoms with Gasteiger partial charge in [-0.15, -0.1) is 0 Å². The number of aryl methyl sites for hydroxylation is 2. The van der Waals surface area contributed by atoms with Gasteiger partial charge >= 0.3 is 0 Å². The lowest BCUT2D eigenvalue weighted by atomic mass is 9.98. The van der Waals surface area contributed by atoms with Gasteiger partial charge in [-0.05, 0) is 56.0 Å². The van der Waals surface area contributed by atoms with Gasteiger partial charge in [0.2, 0.25) is 0 Å². The molecule has 0 saturated heterocycles. The van der Waals surface area contributed by atoms with Crippen LogP contribution in [0.5, 0.6) is 5.75 Å². The number of anilines is 1. The Labute approximate surface area is 220 Å². The number of carbonyl (C=O) groups excluding carboxylic acids is 1. The summed E-state index contributed by atoms with van der Waals surface area (Å²) in [6.45, 7) is 8.34. The van der Waals surface area contributed by atoms with Crippen LogP contribution in [0.1, 0.15) is 37.8 Å². The largest absolute Gasteiger partial charge is 0.490 e. The fourth-order valence-electron chi connectivity index (χ4n) is 4.01. The summed E-state index contributed by atoms with van der Waals surface area (Å²) in [6.07, 6.45) is 8.64. The first kappa shape index (κ1) is 26.3.